The van der Waals surface area contributed by atoms with Gasteiger partial charge in [0.1, 0.15) is 11.2 Å². The van der Waals surface area contributed by atoms with Gasteiger partial charge in [0.15, 0.2) is 12.0 Å². The molecule has 3 rings (SSSR count). The van der Waals surface area contributed by atoms with Crippen molar-refractivity contribution in [3.8, 4) is 11.3 Å². The number of hydrogen-bond acceptors (Lipinski definition) is 5. The molecule has 0 unspecified atom stereocenters. The molecule has 1 aromatic carbocycles. The first-order valence-corrected chi connectivity index (χ1v) is 4.78. The van der Waals surface area contributed by atoms with Crippen LogP contribution in [0.25, 0.3) is 22.4 Å². The Morgan fingerprint density at radius 1 is 1.35 bits per heavy atom. The molecule has 0 saturated heterocycles. The molecule has 0 aliphatic heterocycles. The highest BCUT2D eigenvalue weighted by Crippen LogP contribution is 2.27. The minimum atomic E-state index is -1.16. The van der Waals surface area contributed by atoms with Gasteiger partial charge in [0.05, 0.1) is 0 Å². The minimum Gasteiger partial charge on any atom is -0.475 e. The predicted octanol–water partition coefficient (Wildman–Crippen LogP) is 2.18. The molecule has 3 aromatic rings. The number of para-hydroxylation sites is 1. The summed E-state index contributed by atoms with van der Waals surface area (Å²) >= 11 is 0. The van der Waals surface area contributed by atoms with Gasteiger partial charge in [-0.1, -0.05) is 17.3 Å². The smallest absolute Gasteiger partial charge is 0.374 e. The lowest BCUT2D eigenvalue weighted by Crippen LogP contribution is -1.91. The van der Waals surface area contributed by atoms with E-state index in [9.17, 15) is 4.79 Å². The molecule has 0 fully saturated rings. The number of nitrogens with zero attached hydrogens (tertiary/aromatic N) is 2. The maximum Gasteiger partial charge on any atom is 0.374 e. The topological polar surface area (TPSA) is 89.4 Å². The maximum absolute atomic E-state index is 10.7. The van der Waals surface area contributed by atoms with Gasteiger partial charge in [0.2, 0.25) is 5.76 Å². The Kier molecular flexibility index (Phi) is 1.94. The fourth-order valence-corrected chi connectivity index (χ4v) is 1.60. The Hall–Kier alpha value is -2.63. The van der Waals surface area contributed by atoms with E-state index in [2.05, 4.69) is 10.1 Å². The number of oxazole rings is 1. The van der Waals surface area contributed by atoms with Gasteiger partial charge < -0.3 is 14.0 Å². The van der Waals surface area contributed by atoms with Crippen molar-refractivity contribution in [3.05, 3.63) is 36.4 Å². The van der Waals surface area contributed by atoms with Crippen LogP contribution in [-0.4, -0.2) is 21.2 Å². The molecule has 2 heterocycles. The van der Waals surface area contributed by atoms with Crippen LogP contribution in [0.5, 0.6) is 0 Å². The molecular formula is C11H6N2O4. The first kappa shape index (κ1) is 9.59. The predicted molar refractivity (Wildman–Crippen MR) is 56.5 cm³/mol. The SMILES string of the molecule is O=C(O)c1cc(-c2cccc3ocnc23)no1. The quantitative estimate of drug-likeness (QED) is 0.725. The van der Waals surface area contributed by atoms with Crippen molar-refractivity contribution in [3.63, 3.8) is 0 Å². The molecule has 0 aliphatic rings. The highest BCUT2D eigenvalue weighted by Gasteiger charge is 2.15. The van der Waals surface area contributed by atoms with Crippen LogP contribution in [0.4, 0.5) is 0 Å². The fourth-order valence-electron chi connectivity index (χ4n) is 1.60. The van der Waals surface area contributed by atoms with E-state index in [1.54, 1.807) is 18.2 Å². The van der Waals surface area contributed by atoms with Crippen LogP contribution in [0.2, 0.25) is 0 Å². The molecule has 0 bridgehead atoms. The third kappa shape index (κ3) is 1.46. The molecular weight excluding hydrogens is 224 g/mol. The van der Waals surface area contributed by atoms with Crippen molar-refractivity contribution in [1.29, 1.82) is 0 Å². The van der Waals surface area contributed by atoms with Crippen molar-refractivity contribution < 1.29 is 18.8 Å². The zero-order valence-electron chi connectivity index (χ0n) is 8.45. The molecule has 0 radical (unpaired) electrons. The maximum atomic E-state index is 10.7. The third-order valence-corrected chi connectivity index (χ3v) is 2.36. The molecule has 6 nitrogen and oxygen atoms in total. The van der Waals surface area contributed by atoms with Crippen LogP contribution in [0.1, 0.15) is 10.6 Å². The number of aromatic nitrogens is 2. The minimum absolute atomic E-state index is 0.208. The van der Waals surface area contributed by atoms with Gasteiger partial charge in [-0.3, -0.25) is 0 Å². The Balaban J connectivity index is 2.19. The molecule has 0 spiro atoms. The average molecular weight is 230 g/mol. The van der Waals surface area contributed by atoms with Crippen LogP contribution in [0.15, 0.2) is 39.6 Å². The van der Waals surface area contributed by atoms with Crippen molar-refractivity contribution in [1.82, 2.24) is 10.1 Å². The molecule has 1 N–H and O–H groups in total. The standard InChI is InChI=1S/C11H6N2O4/c14-11(15)9-4-7(13-17-9)6-2-1-3-8-10(6)12-5-16-8/h1-5H,(H,14,15). The first-order valence-electron chi connectivity index (χ1n) is 4.78. The molecule has 6 heteroatoms. The number of carboxylic acid groups (broad SMARTS) is 1. The van der Waals surface area contributed by atoms with E-state index in [4.69, 9.17) is 14.0 Å². The lowest BCUT2D eigenvalue weighted by molar-refractivity contribution is 0.0652. The molecule has 0 saturated carbocycles. The molecule has 84 valence electrons. The summed E-state index contributed by atoms with van der Waals surface area (Å²) in [5.74, 6) is -1.36. The summed E-state index contributed by atoms with van der Waals surface area (Å²) < 4.78 is 9.85. The van der Waals surface area contributed by atoms with E-state index in [0.29, 0.717) is 22.4 Å². The highest BCUT2D eigenvalue weighted by molar-refractivity contribution is 5.91. The summed E-state index contributed by atoms with van der Waals surface area (Å²) in [6.07, 6.45) is 1.33. The average Bonchev–Trinajstić information content (AvgIpc) is 2.97. The van der Waals surface area contributed by atoms with Crippen LogP contribution in [-0.2, 0) is 0 Å². The monoisotopic (exact) mass is 230 g/mol. The number of hydrogen-bond donors (Lipinski definition) is 1. The Morgan fingerprint density at radius 2 is 2.24 bits per heavy atom. The van der Waals surface area contributed by atoms with Crippen molar-refractivity contribution >= 4 is 17.1 Å². The number of carboxylic acids is 1. The van der Waals surface area contributed by atoms with E-state index in [1.807, 2.05) is 0 Å². The zero-order valence-corrected chi connectivity index (χ0v) is 8.45. The number of carbonyl (C=O) groups is 1. The van der Waals surface area contributed by atoms with E-state index in [0.717, 1.165) is 0 Å². The number of aromatic carboxylic acids is 1. The van der Waals surface area contributed by atoms with Crippen LogP contribution >= 0.6 is 0 Å². The van der Waals surface area contributed by atoms with E-state index < -0.39 is 5.97 Å². The normalized spacial score (nSPS) is 10.8. The highest BCUT2D eigenvalue weighted by atomic mass is 16.5. The Labute approximate surface area is 94.5 Å². The molecule has 17 heavy (non-hydrogen) atoms. The lowest BCUT2D eigenvalue weighted by Gasteiger charge is -1.94. The number of fused-ring (bicyclic) bond motifs is 1. The van der Waals surface area contributed by atoms with Crippen LogP contribution < -0.4 is 0 Å². The summed E-state index contributed by atoms with van der Waals surface area (Å²) in [6, 6.07) is 6.67. The molecule has 0 atom stereocenters. The molecule has 2 aromatic heterocycles. The van der Waals surface area contributed by atoms with Gasteiger partial charge in [-0.2, -0.15) is 0 Å². The second-order valence-electron chi connectivity index (χ2n) is 3.39. The van der Waals surface area contributed by atoms with Crippen LogP contribution in [0.3, 0.4) is 0 Å². The van der Waals surface area contributed by atoms with Gasteiger partial charge >= 0.3 is 5.97 Å². The molecule has 0 amide bonds. The van der Waals surface area contributed by atoms with Gasteiger partial charge in [0.25, 0.3) is 0 Å². The van der Waals surface area contributed by atoms with Gasteiger partial charge in [-0.15, -0.1) is 0 Å². The van der Waals surface area contributed by atoms with Crippen molar-refractivity contribution in [2.24, 2.45) is 0 Å². The molecule has 0 aliphatic carbocycles. The zero-order chi connectivity index (χ0) is 11.8. The Morgan fingerprint density at radius 3 is 3.00 bits per heavy atom. The van der Waals surface area contributed by atoms with Crippen molar-refractivity contribution in [2.45, 2.75) is 0 Å². The summed E-state index contributed by atoms with van der Waals surface area (Å²) in [6.45, 7) is 0. The van der Waals surface area contributed by atoms with Gasteiger partial charge in [-0.05, 0) is 6.07 Å². The van der Waals surface area contributed by atoms with E-state index >= 15 is 0 Å². The van der Waals surface area contributed by atoms with Gasteiger partial charge in [0, 0.05) is 11.6 Å². The largest absolute Gasteiger partial charge is 0.475 e. The number of benzene rings is 1. The van der Waals surface area contributed by atoms with Gasteiger partial charge in [-0.25, -0.2) is 9.78 Å². The third-order valence-electron chi connectivity index (χ3n) is 2.36. The summed E-state index contributed by atoms with van der Waals surface area (Å²) in [7, 11) is 0. The fraction of sp³-hybridized carbons (Fsp3) is 0. The summed E-state index contributed by atoms with van der Waals surface area (Å²) in [4.78, 5) is 14.7. The second kappa shape index (κ2) is 3.44. The summed E-state index contributed by atoms with van der Waals surface area (Å²) in [5, 5.41) is 12.5. The van der Waals surface area contributed by atoms with Crippen LogP contribution in [0, 0.1) is 0 Å². The van der Waals surface area contributed by atoms with E-state index in [1.165, 1.54) is 12.5 Å². The Bertz CT molecular complexity index is 698. The van der Waals surface area contributed by atoms with Crippen molar-refractivity contribution in [2.75, 3.05) is 0 Å². The summed E-state index contributed by atoms with van der Waals surface area (Å²) in [5.41, 5.74) is 2.33. The second-order valence-corrected chi connectivity index (χ2v) is 3.39. The first-order chi connectivity index (χ1) is 8.25. The lowest BCUT2D eigenvalue weighted by atomic mass is 10.1. The van der Waals surface area contributed by atoms with E-state index in [-0.39, 0.29) is 5.76 Å². The number of rotatable bonds is 2.